The molecule has 0 amide bonds. The van der Waals surface area contributed by atoms with Crippen molar-refractivity contribution in [2.75, 3.05) is 0 Å². The van der Waals surface area contributed by atoms with Crippen LogP contribution in [0.15, 0.2) is 33.7 Å². The molecule has 0 bridgehead atoms. The summed E-state index contributed by atoms with van der Waals surface area (Å²) >= 11 is 5.37. The monoisotopic (exact) mass is 336 g/mol. The van der Waals surface area contributed by atoms with Gasteiger partial charge in [0, 0.05) is 9.75 Å². The van der Waals surface area contributed by atoms with Gasteiger partial charge in [-0.3, -0.25) is 0 Å². The molecule has 114 valence electrons. The van der Waals surface area contributed by atoms with Gasteiger partial charge in [-0.1, -0.05) is 0 Å². The zero-order valence-electron chi connectivity index (χ0n) is 13.7. The van der Waals surface area contributed by atoms with Gasteiger partial charge in [-0.25, -0.2) is 0 Å². The molecule has 0 atom stereocenters. The van der Waals surface area contributed by atoms with Crippen LogP contribution < -0.4 is 0 Å². The average molecular weight is 337 g/mol. The molecular weight excluding hydrogens is 312 g/mol. The predicted octanol–water partition coefficient (Wildman–Crippen LogP) is 7.09. The lowest BCUT2D eigenvalue weighted by Gasteiger charge is -1.79. The van der Waals surface area contributed by atoms with Crippen LogP contribution in [0.1, 0.15) is 32.0 Å². The van der Waals surface area contributed by atoms with E-state index in [0.29, 0.717) is 0 Å². The Morgan fingerprint density at radius 1 is 0.571 bits per heavy atom. The molecule has 3 heteroatoms. The topological polar surface area (TPSA) is 0 Å². The third-order valence-electron chi connectivity index (χ3n) is 3.35. The van der Waals surface area contributed by atoms with Gasteiger partial charge in [-0.2, -0.15) is 11.3 Å². The second-order valence-electron chi connectivity index (χ2n) is 5.06. The minimum absolute atomic E-state index is 1.41. The Labute approximate surface area is 141 Å². The lowest BCUT2D eigenvalue weighted by atomic mass is 10.2. The molecule has 3 aromatic heterocycles. The van der Waals surface area contributed by atoms with Gasteiger partial charge in [0.1, 0.15) is 0 Å². The molecule has 0 fully saturated rings. The zero-order chi connectivity index (χ0) is 15.8. The van der Waals surface area contributed by atoms with E-state index in [0.717, 1.165) is 0 Å². The summed E-state index contributed by atoms with van der Waals surface area (Å²) in [6.07, 6.45) is 0. The minimum Gasteiger partial charge on any atom is -0.152 e. The van der Waals surface area contributed by atoms with Crippen molar-refractivity contribution in [3.05, 3.63) is 65.7 Å². The van der Waals surface area contributed by atoms with Crippen LogP contribution in [-0.2, 0) is 0 Å². The fourth-order valence-corrected chi connectivity index (χ4v) is 3.63. The van der Waals surface area contributed by atoms with Crippen LogP contribution in [0, 0.1) is 41.5 Å². The van der Waals surface area contributed by atoms with Crippen molar-refractivity contribution in [1.29, 1.82) is 0 Å². The maximum Gasteiger partial charge on any atom is 0.00433 e. The summed E-state index contributed by atoms with van der Waals surface area (Å²) in [4.78, 5) is 2.86. The molecule has 0 saturated carbocycles. The van der Waals surface area contributed by atoms with Crippen molar-refractivity contribution < 1.29 is 0 Å². The summed E-state index contributed by atoms with van der Waals surface area (Å²) < 4.78 is 0. The molecule has 0 N–H and O–H groups in total. The van der Waals surface area contributed by atoms with Gasteiger partial charge in [-0.05, 0) is 97.4 Å². The second kappa shape index (κ2) is 9.19. The highest BCUT2D eigenvalue weighted by Crippen LogP contribution is 2.13. The average Bonchev–Trinajstić information content (AvgIpc) is 3.11. The van der Waals surface area contributed by atoms with E-state index in [4.69, 9.17) is 0 Å². The van der Waals surface area contributed by atoms with E-state index >= 15 is 0 Å². The molecule has 0 aromatic carbocycles. The van der Waals surface area contributed by atoms with Gasteiger partial charge in [0.25, 0.3) is 0 Å². The standard InChI is InChI=1S/3C6H8S/c1-5-3-7-4-6(5)2;2*1-5-3-4-7-6(5)2/h3*3-4H,1-2H3. The predicted molar refractivity (Wildman–Crippen MR) is 101 cm³/mol. The fraction of sp³-hybridized carbons (Fsp3) is 0.333. The van der Waals surface area contributed by atoms with Crippen molar-refractivity contribution >= 4 is 34.0 Å². The van der Waals surface area contributed by atoms with Gasteiger partial charge in [0.05, 0.1) is 0 Å². The van der Waals surface area contributed by atoms with Crippen LogP contribution in [-0.4, -0.2) is 0 Å². The lowest BCUT2D eigenvalue weighted by Crippen LogP contribution is -1.63. The molecule has 21 heavy (non-hydrogen) atoms. The van der Waals surface area contributed by atoms with Crippen LogP contribution in [0.25, 0.3) is 0 Å². The quantitative estimate of drug-likeness (QED) is 0.411. The van der Waals surface area contributed by atoms with Crippen LogP contribution in [0.5, 0.6) is 0 Å². The Morgan fingerprint density at radius 3 is 1.05 bits per heavy atom. The highest BCUT2D eigenvalue weighted by Gasteiger charge is 1.88. The summed E-state index contributed by atoms with van der Waals surface area (Å²) in [5.41, 5.74) is 5.63. The first kappa shape index (κ1) is 18.1. The van der Waals surface area contributed by atoms with Gasteiger partial charge in [0.15, 0.2) is 0 Å². The smallest absolute Gasteiger partial charge is 0.00433 e. The molecule has 0 aliphatic rings. The van der Waals surface area contributed by atoms with Crippen molar-refractivity contribution in [3.8, 4) is 0 Å². The highest BCUT2D eigenvalue weighted by atomic mass is 32.1. The Balaban J connectivity index is 0.000000157. The van der Waals surface area contributed by atoms with Crippen LogP contribution in [0.3, 0.4) is 0 Å². The van der Waals surface area contributed by atoms with Crippen molar-refractivity contribution in [2.45, 2.75) is 41.5 Å². The molecule has 3 rings (SSSR count). The first-order valence-electron chi connectivity index (χ1n) is 6.92. The maximum absolute atomic E-state index is 2.16. The van der Waals surface area contributed by atoms with E-state index in [1.807, 2.05) is 0 Å². The molecular formula is C18H24S3. The lowest BCUT2D eigenvalue weighted by molar-refractivity contribution is 1.41. The number of rotatable bonds is 0. The van der Waals surface area contributed by atoms with Crippen LogP contribution in [0.2, 0.25) is 0 Å². The Kier molecular flexibility index (Phi) is 7.94. The molecule has 3 heterocycles. The SMILES string of the molecule is Cc1ccsc1C.Cc1ccsc1C.Cc1cscc1C. The van der Waals surface area contributed by atoms with Gasteiger partial charge in [-0.15, -0.1) is 22.7 Å². The highest BCUT2D eigenvalue weighted by molar-refractivity contribution is 7.10. The molecule has 0 saturated heterocycles. The molecule has 0 unspecified atom stereocenters. The summed E-state index contributed by atoms with van der Waals surface area (Å²) in [7, 11) is 0. The third kappa shape index (κ3) is 6.60. The third-order valence-corrected chi connectivity index (χ3v) is 6.22. The van der Waals surface area contributed by atoms with Gasteiger partial charge < -0.3 is 0 Å². The van der Waals surface area contributed by atoms with E-state index in [2.05, 4.69) is 75.2 Å². The summed E-state index contributed by atoms with van der Waals surface area (Å²) in [5, 5.41) is 8.56. The molecule has 0 aliphatic carbocycles. The number of hydrogen-bond donors (Lipinski definition) is 0. The summed E-state index contributed by atoms with van der Waals surface area (Å²) in [6.45, 7) is 12.8. The largest absolute Gasteiger partial charge is 0.152 e. The number of aryl methyl sites for hydroxylation is 6. The van der Waals surface area contributed by atoms with Crippen LogP contribution in [0.4, 0.5) is 0 Å². The fourth-order valence-electron chi connectivity index (χ4n) is 1.32. The Bertz CT molecular complexity index is 500. The van der Waals surface area contributed by atoms with Crippen molar-refractivity contribution in [1.82, 2.24) is 0 Å². The van der Waals surface area contributed by atoms with E-state index in [9.17, 15) is 0 Å². The van der Waals surface area contributed by atoms with E-state index in [1.165, 1.54) is 32.0 Å². The Morgan fingerprint density at radius 2 is 0.952 bits per heavy atom. The summed E-state index contributed by atoms with van der Waals surface area (Å²) in [5.74, 6) is 0. The molecule has 0 spiro atoms. The second-order valence-corrected chi connectivity index (χ2v) is 8.04. The molecule has 0 radical (unpaired) electrons. The maximum atomic E-state index is 2.16. The van der Waals surface area contributed by atoms with E-state index in [1.54, 1.807) is 34.0 Å². The number of thiophene rings is 3. The van der Waals surface area contributed by atoms with Gasteiger partial charge >= 0.3 is 0 Å². The van der Waals surface area contributed by atoms with Gasteiger partial charge in [0.2, 0.25) is 0 Å². The van der Waals surface area contributed by atoms with Crippen molar-refractivity contribution in [3.63, 3.8) is 0 Å². The molecule has 0 nitrogen and oxygen atoms in total. The zero-order valence-corrected chi connectivity index (χ0v) is 16.1. The van der Waals surface area contributed by atoms with Crippen molar-refractivity contribution in [2.24, 2.45) is 0 Å². The van der Waals surface area contributed by atoms with Crippen LogP contribution >= 0.6 is 34.0 Å². The molecule has 3 aromatic rings. The van der Waals surface area contributed by atoms with E-state index < -0.39 is 0 Å². The Hall–Kier alpha value is -0.900. The van der Waals surface area contributed by atoms with E-state index in [-0.39, 0.29) is 0 Å². The normalized spacial score (nSPS) is 9.43. The first-order valence-corrected chi connectivity index (χ1v) is 9.62. The number of hydrogen-bond acceptors (Lipinski definition) is 3. The minimum atomic E-state index is 1.41. The summed E-state index contributed by atoms with van der Waals surface area (Å²) in [6, 6.07) is 4.28. The molecule has 0 aliphatic heterocycles. The first-order chi connectivity index (χ1) is 9.91.